The number of hydrogen-bond acceptors (Lipinski definition) is 5. The number of fused-ring (bicyclic) bond motifs is 1. The number of ether oxygens (including phenoxy) is 1. The Balaban J connectivity index is 1.39. The molecule has 0 radical (unpaired) electrons. The summed E-state index contributed by atoms with van der Waals surface area (Å²) in [6.45, 7) is 1.37. The molecule has 31 heavy (non-hydrogen) atoms. The molecule has 0 spiro atoms. The number of carbonyl (C=O) groups is 3. The van der Waals surface area contributed by atoms with E-state index in [0.29, 0.717) is 21.0 Å². The van der Waals surface area contributed by atoms with Gasteiger partial charge in [0, 0.05) is 22.0 Å². The lowest BCUT2D eigenvalue weighted by molar-refractivity contribution is -0.148. The van der Waals surface area contributed by atoms with Crippen LogP contribution in [-0.2, 0) is 14.3 Å². The van der Waals surface area contributed by atoms with E-state index in [1.807, 2.05) is 12.1 Å². The minimum atomic E-state index is -0.612. The molecule has 0 aliphatic heterocycles. The number of benzene rings is 2. The van der Waals surface area contributed by atoms with E-state index in [4.69, 9.17) is 27.9 Å². The van der Waals surface area contributed by atoms with Gasteiger partial charge in [-0.25, -0.2) is 0 Å². The molecule has 162 valence electrons. The van der Waals surface area contributed by atoms with Crippen LogP contribution in [0.2, 0.25) is 10.0 Å². The molecule has 0 fully saturated rings. The van der Waals surface area contributed by atoms with Crippen molar-refractivity contribution in [2.24, 2.45) is 0 Å². The molecule has 0 aliphatic rings. The van der Waals surface area contributed by atoms with Crippen molar-refractivity contribution in [1.82, 2.24) is 20.8 Å². The van der Waals surface area contributed by atoms with Crippen LogP contribution in [0, 0.1) is 0 Å². The van der Waals surface area contributed by atoms with Crippen LogP contribution in [0.1, 0.15) is 35.4 Å². The van der Waals surface area contributed by atoms with Gasteiger partial charge in [-0.15, -0.1) is 0 Å². The van der Waals surface area contributed by atoms with Crippen molar-refractivity contribution in [3.05, 3.63) is 63.8 Å². The Kier molecular flexibility index (Phi) is 7.49. The molecular formula is C21H20Cl2N4O4. The first kappa shape index (κ1) is 22.6. The summed E-state index contributed by atoms with van der Waals surface area (Å²) in [5.74, 6) is -1.49. The summed E-state index contributed by atoms with van der Waals surface area (Å²) >= 11 is 12.0. The van der Waals surface area contributed by atoms with E-state index in [1.54, 1.807) is 37.3 Å². The second-order valence-corrected chi connectivity index (χ2v) is 7.58. The molecule has 0 saturated heterocycles. The lowest BCUT2D eigenvalue weighted by Gasteiger charge is -2.16. The smallest absolute Gasteiger partial charge is 0.308 e. The monoisotopic (exact) mass is 462 g/mol. The predicted molar refractivity (Wildman–Crippen MR) is 117 cm³/mol. The fraction of sp³-hybridized carbons (Fsp3) is 0.238. The number of rotatable bonds is 8. The SMILES string of the molecule is CC(NC(=O)COC(=O)CCNC(=O)c1n[nH]c2ccccc12)c1ccc(Cl)cc1Cl. The van der Waals surface area contributed by atoms with Crippen molar-refractivity contribution in [3.8, 4) is 0 Å². The van der Waals surface area contributed by atoms with Gasteiger partial charge in [0.2, 0.25) is 0 Å². The topological polar surface area (TPSA) is 113 Å². The van der Waals surface area contributed by atoms with Crippen molar-refractivity contribution >= 4 is 51.9 Å². The molecule has 1 heterocycles. The Morgan fingerprint density at radius 3 is 2.71 bits per heavy atom. The van der Waals surface area contributed by atoms with Crippen molar-refractivity contribution < 1.29 is 19.1 Å². The maximum Gasteiger partial charge on any atom is 0.308 e. The average Bonchev–Trinajstić information content (AvgIpc) is 3.16. The normalized spacial score (nSPS) is 11.7. The summed E-state index contributed by atoms with van der Waals surface area (Å²) < 4.78 is 4.95. The molecule has 3 N–H and O–H groups in total. The third kappa shape index (κ3) is 5.96. The Hall–Kier alpha value is -3.10. The summed E-state index contributed by atoms with van der Waals surface area (Å²) in [6, 6.07) is 11.8. The first-order chi connectivity index (χ1) is 14.8. The highest BCUT2D eigenvalue weighted by Gasteiger charge is 2.16. The summed E-state index contributed by atoms with van der Waals surface area (Å²) in [6.07, 6.45) is -0.0834. The lowest BCUT2D eigenvalue weighted by atomic mass is 10.1. The van der Waals surface area contributed by atoms with Crippen molar-refractivity contribution in [2.75, 3.05) is 13.2 Å². The molecule has 1 aromatic heterocycles. The van der Waals surface area contributed by atoms with Gasteiger partial charge in [-0.05, 0) is 30.7 Å². The molecule has 8 nitrogen and oxygen atoms in total. The predicted octanol–water partition coefficient (Wildman–Crippen LogP) is 3.41. The van der Waals surface area contributed by atoms with Crippen LogP contribution >= 0.6 is 23.2 Å². The number of nitrogens with one attached hydrogen (secondary N) is 3. The fourth-order valence-corrected chi connectivity index (χ4v) is 3.50. The Morgan fingerprint density at radius 1 is 1.16 bits per heavy atom. The number of aromatic amines is 1. The van der Waals surface area contributed by atoms with E-state index in [-0.39, 0.29) is 24.7 Å². The van der Waals surface area contributed by atoms with Crippen molar-refractivity contribution in [2.45, 2.75) is 19.4 Å². The van der Waals surface area contributed by atoms with Crippen LogP contribution in [0.3, 0.4) is 0 Å². The first-order valence-electron chi connectivity index (χ1n) is 9.46. The lowest BCUT2D eigenvalue weighted by Crippen LogP contribution is -2.32. The van der Waals surface area contributed by atoms with E-state index in [9.17, 15) is 14.4 Å². The van der Waals surface area contributed by atoms with Gasteiger partial charge in [0.25, 0.3) is 11.8 Å². The molecule has 2 amide bonds. The highest BCUT2D eigenvalue weighted by atomic mass is 35.5. The molecule has 3 rings (SSSR count). The summed E-state index contributed by atoms with van der Waals surface area (Å²) in [5, 5.41) is 13.7. The van der Waals surface area contributed by atoms with Crippen LogP contribution in [-0.4, -0.2) is 41.1 Å². The Bertz CT molecular complexity index is 1120. The van der Waals surface area contributed by atoms with Crippen LogP contribution in [0.4, 0.5) is 0 Å². The molecule has 0 aliphatic carbocycles. The fourth-order valence-electron chi connectivity index (χ4n) is 2.93. The Labute approximate surface area is 188 Å². The average molecular weight is 463 g/mol. The number of aromatic nitrogens is 2. The standard InChI is InChI=1S/C21H20Cl2N4O4/c1-12(14-7-6-13(22)10-16(14)23)25-18(28)11-31-19(29)8-9-24-21(30)20-15-4-2-3-5-17(15)26-27-20/h2-7,10,12H,8-9,11H2,1H3,(H,24,30)(H,25,28)(H,26,27). The van der Waals surface area contributed by atoms with Crippen LogP contribution in [0.25, 0.3) is 10.9 Å². The van der Waals surface area contributed by atoms with Gasteiger partial charge in [0.1, 0.15) is 0 Å². The number of para-hydroxylation sites is 1. The minimum absolute atomic E-state index is 0.0528. The molecule has 0 bridgehead atoms. The first-order valence-corrected chi connectivity index (χ1v) is 10.2. The maximum atomic E-state index is 12.2. The second kappa shape index (κ2) is 10.3. The Morgan fingerprint density at radius 2 is 1.94 bits per heavy atom. The zero-order valence-corrected chi connectivity index (χ0v) is 18.1. The molecule has 0 saturated carbocycles. The number of nitrogens with zero attached hydrogens (tertiary/aromatic N) is 1. The van der Waals surface area contributed by atoms with Crippen LogP contribution < -0.4 is 10.6 Å². The second-order valence-electron chi connectivity index (χ2n) is 6.74. The number of amides is 2. The van der Waals surface area contributed by atoms with Gasteiger partial charge in [-0.2, -0.15) is 5.10 Å². The zero-order valence-electron chi connectivity index (χ0n) is 16.6. The van der Waals surface area contributed by atoms with Crippen molar-refractivity contribution in [3.63, 3.8) is 0 Å². The number of carbonyl (C=O) groups excluding carboxylic acids is 3. The van der Waals surface area contributed by atoms with E-state index >= 15 is 0 Å². The minimum Gasteiger partial charge on any atom is -0.456 e. The highest BCUT2D eigenvalue weighted by molar-refractivity contribution is 6.35. The molecule has 1 atom stereocenters. The molecule has 1 unspecified atom stereocenters. The number of hydrogen-bond donors (Lipinski definition) is 3. The number of H-pyrrole nitrogens is 1. The number of esters is 1. The van der Waals surface area contributed by atoms with Gasteiger partial charge in [0.05, 0.1) is 18.0 Å². The van der Waals surface area contributed by atoms with Crippen LogP contribution in [0.15, 0.2) is 42.5 Å². The van der Waals surface area contributed by atoms with Crippen LogP contribution in [0.5, 0.6) is 0 Å². The van der Waals surface area contributed by atoms with Gasteiger partial charge in [0.15, 0.2) is 12.3 Å². The zero-order chi connectivity index (χ0) is 22.4. The van der Waals surface area contributed by atoms with E-state index < -0.39 is 24.4 Å². The third-order valence-electron chi connectivity index (χ3n) is 4.47. The third-order valence-corrected chi connectivity index (χ3v) is 5.03. The maximum absolute atomic E-state index is 12.2. The summed E-state index contributed by atoms with van der Waals surface area (Å²) in [5.41, 5.74) is 1.68. The molecule has 3 aromatic rings. The van der Waals surface area contributed by atoms with Crippen molar-refractivity contribution in [1.29, 1.82) is 0 Å². The quantitative estimate of drug-likeness (QED) is 0.443. The van der Waals surface area contributed by atoms with E-state index in [0.717, 1.165) is 5.52 Å². The van der Waals surface area contributed by atoms with Gasteiger partial charge < -0.3 is 15.4 Å². The van der Waals surface area contributed by atoms with E-state index in [2.05, 4.69) is 20.8 Å². The van der Waals surface area contributed by atoms with Gasteiger partial charge in [-0.1, -0.05) is 47.5 Å². The largest absolute Gasteiger partial charge is 0.456 e. The van der Waals surface area contributed by atoms with Gasteiger partial charge in [-0.3, -0.25) is 19.5 Å². The highest BCUT2D eigenvalue weighted by Crippen LogP contribution is 2.26. The number of halogens is 2. The molecular weight excluding hydrogens is 443 g/mol. The van der Waals surface area contributed by atoms with E-state index in [1.165, 1.54) is 0 Å². The summed E-state index contributed by atoms with van der Waals surface area (Å²) in [7, 11) is 0. The summed E-state index contributed by atoms with van der Waals surface area (Å²) in [4.78, 5) is 36.1. The molecule has 10 heteroatoms. The molecule has 2 aromatic carbocycles. The van der Waals surface area contributed by atoms with Gasteiger partial charge >= 0.3 is 5.97 Å².